The van der Waals surface area contributed by atoms with E-state index in [0.717, 1.165) is 22.7 Å². The van der Waals surface area contributed by atoms with Crippen molar-refractivity contribution in [2.45, 2.75) is 6.54 Å². The summed E-state index contributed by atoms with van der Waals surface area (Å²) in [4.78, 5) is 0. The summed E-state index contributed by atoms with van der Waals surface area (Å²) in [6.07, 6.45) is 0. The van der Waals surface area contributed by atoms with Crippen molar-refractivity contribution in [1.82, 2.24) is 0 Å². The first-order valence-corrected chi connectivity index (χ1v) is 6.27. The minimum Gasteiger partial charge on any atom is -0.380 e. The number of rotatable bonds is 3. The molecule has 0 heterocycles. The first kappa shape index (κ1) is 13.5. The minimum absolute atomic E-state index is 0.106. The molecule has 19 heavy (non-hydrogen) atoms. The molecule has 0 aliphatic rings. The highest BCUT2D eigenvalue weighted by molar-refractivity contribution is 9.10. The maximum atomic E-state index is 13.5. The van der Waals surface area contributed by atoms with Crippen LogP contribution in [0.4, 0.5) is 14.5 Å². The fourth-order valence-electron chi connectivity index (χ4n) is 1.63. The first-order valence-electron chi connectivity index (χ1n) is 5.47. The monoisotopic (exact) mass is 322 g/mol. The van der Waals surface area contributed by atoms with Crippen LogP contribution in [0.5, 0.6) is 0 Å². The molecule has 0 bridgehead atoms. The van der Waals surface area contributed by atoms with E-state index in [1.165, 1.54) is 0 Å². The zero-order chi connectivity index (χ0) is 13.8. The fraction of sp³-hybridized carbons (Fsp3) is 0.0714. The van der Waals surface area contributed by atoms with Gasteiger partial charge in [-0.25, -0.2) is 8.78 Å². The van der Waals surface area contributed by atoms with Gasteiger partial charge in [-0.2, -0.15) is 5.26 Å². The van der Waals surface area contributed by atoms with Gasteiger partial charge in [0.1, 0.15) is 17.7 Å². The van der Waals surface area contributed by atoms with Gasteiger partial charge in [0.05, 0.1) is 11.3 Å². The Morgan fingerprint density at radius 3 is 2.68 bits per heavy atom. The first-order chi connectivity index (χ1) is 9.10. The topological polar surface area (TPSA) is 35.8 Å². The highest BCUT2D eigenvalue weighted by Gasteiger charge is 2.06. The SMILES string of the molecule is N#Cc1ccc(Br)cc1NCc1cc(F)ccc1F. The quantitative estimate of drug-likeness (QED) is 0.918. The van der Waals surface area contributed by atoms with Gasteiger partial charge in [0.15, 0.2) is 0 Å². The summed E-state index contributed by atoms with van der Waals surface area (Å²) in [7, 11) is 0. The van der Waals surface area contributed by atoms with Crippen LogP contribution in [0.1, 0.15) is 11.1 Å². The highest BCUT2D eigenvalue weighted by atomic mass is 79.9. The maximum absolute atomic E-state index is 13.5. The predicted molar refractivity (Wildman–Crippen MR) is 72.5 cm³/mol. The molecule has 0 saturated carbocycles. The highest BCUT2D eigenvalue weighted by Crippen LogP contribution is 2.22. The molecular weight excluding hydrogens is 314 g/mol. The zero-order valence-electron chi connectivity index (χ0n) is 9.75. The number of nitriles is 1. The van der Waals surface area contributed by atoms with Crippen molar-refractivity contribution < 1.29 is 8.78 Å². The predicted octanol–water partition coefficient (Wildman–Crippen LogP) is 4.21. The van der Waals surface area contributed by atoms with Crippen LogP contribution in [0.15, 0.2) is 40.9 Å². The molecule has 2 aromatic rings. The summed E-state index contributed by atoms with van der Waals surface area (Å²) in [6.45, 7) is 0.106. The van der Waals surface area contributed by atoms with Crippen molar-refractivity contribution in [3.8, 4) is 6.07 Å². The largest absolute Gasteiger partial charge is 0.380 e. The minimum atomic E-state index is -0.493. The molecule has 0 aromatic heterocycles. The Hall–Kier alpha value is -1.93. The summed E-state index contributed by atoms with van der Waals surface area (Å²) in [5, 5.41) is 11.9. The summed E-state index contributed by atoms with van der Waals surface area (Å²) < 4.78 is 27.3. The Morgan fingerprint density at radius 2 is 1.95 bits per heavy atom. The number of nitrogens with one attached hydrogen (secondary N) is 1. The molecule has 0 aliphatic heterocycles. The van der Waals surface area contributed by atoms with Gasteiger partial charge in [0, 0.05) is 16.6 Å². The lowest BCUT2D eigenvalue weighted by Crippen LogP contribution is -2.04. The second-order valence-electron chi connectivity index (χ2n) is 3.89. The molecular formula is C14H9BrF2N2. The average molecular weight is 323 g/mol. The van der Waals surface area contributed by atoms with Gasteiger partial charge in [-0.15, -0.1) is 0 Å². The summed E-state index contributed by atoms with van der Waals surface area (Å²) in [6, 6.07) is 10.4. The fourth-order valence-corrected chi connectivity index (χ4v) is 1.99. The van der Waals surface area contributed by atoms with Gasteiger partial charge >= 0.3 is 0 Å². The second kappa shape index (κ2) is 5.81. The Balaban J connectivity index is 2.21. The van der Waals surface area contributed by atoms with Gasteiger partial charge < -0.3 is 5.32 Å². The lowest BCUT2D eigenvalue weighted by molar-refractivity contribution is 0.587. The summed E-state index contributed by atoms with van der Waals surface area (Å²) >= 11 is 3.29. The van der Waals surface area contributed by atoms with Crippen molar-refractivity contribution in [2.24, 2.45) is 0 Å². The number of nitrogens with zero attached hydrogens (tertiary/aromatic N) is 1. The molecule has 2 nitrogen and oxygen atoms in total. The zero-order valence-corrected chi connectivity index (χ0v) is 11.3. The number of hydrogen-bond donors (Lipinski definition) is 1. The number of benzene rings is 2. The molecule has 2 rings (SSSR count). The number of anilines is 1. The lowest BCUT2D eigenvalue weighted by atomic mass is 10.1. The molecule has 2 aromatic carbocycles. The van der Waals surface area contributed by atoms with Crippen molar-refractivity contribution in [3.05, 3.63) is 63.6 Å². The van der Waals surface area contributed by atoms with Gasteiger partial charge in [-0.3, -0.25) is 0 Å². The molecule has 0 unspecified atom stereocenters. The molecule has 0 saturated heterocycles. The Kier molecular flexibility index (Phi) is 4.13. The van der Waals surface area contributed by atoms with E-state index in [-0.39, 0.29) is 12.1 Å². The van der Waals surface area contributed by atoms with Gasteiger partial charge in [0.2, 0.25) is 0 Å². The molecule has 0 fully saturated rings. The third-order valence-corrected chi connectivity index (χ3v) is 3.07. The van der Waals surface area contributed by atoms with Crippen molar-refractivity contribution in [2.75, 3.05) is 5.32 Å². The van der Waals surface area contributed by atoms with E-state index in [4.69, 9.17) is 5.26 Å². The third-order valence-electron chi connectivity index (χ3n) is 2.58. The van der Waals surface area contributed by atoms with E-state index in [9.17, 15) is 8.78 Å². The van der Waals surface area contributed by atoms with Crippen LogP contribution in [0.25, 0.3) is 0 Å². The van der Waals surface area contributed by atoms with Crippen LogP contribution < -0.4 is 5.32 Å². The lowest BCUT2D eigenvalue weighted by Gasteiger charge is -2.09. The van der Waals surface area contributed by atoms with E-state index in [2.05, 4.69) is 21.2 Å². The van der Waals surface area contributed by atoms with Crippen LogP contribution in [0.2, 0.25) is 0 Å². The van der Waals surface area contributed by atoms with Crippen LogP contribution in [-0.4, -0.2) is 0 Å². The normalized spacial score (nSPS) is 10.0. The molecule has 1 N–H and O–H groups in total. The molecule has 0 radical (unpaired) electrons. The Morgan fingerprint density at radius 1 is 1.16 bits per heavy atom. The van der Waals surface area contributed by atoms with Crippen LogP contribution in [0.3, 0.4) is 0 Å². The van der Waals surface area contributed by atoms with Crippen molar-refractivity contribution in [1.29, 1.82) is 5.26 Å². The molecule has 0 aliphatic carbocycles. The summed E-state index contributed by atoms with van der Waals surface area (Å²) in [5.41, 5.74) is 1.23. The van der Waals surface area contributed by atoms with Gasteiger partial charge in [0.25, 0.3) is 0 Å². The van der Waals surface area contributed by atoms with E-state index in [1.807, 2.05) is 6.07 Å². The molecule has 5 heteroatoms. The third kappa shape index (κ3) is 3.30. The van der Waals surface area contributed by atoms with E-state index in [0.29, 0.717) is 11.3 Å². The number of hydrogen-bond acceptors (Lipinski definition) is 2. The van der Waals surface area contributed by atoms with E-state index >= 15 is 0 Å². The molecule has 96 valence electrons. The molecule has 0 amide bonds. The van der Waals surface area contributed by atoms with Gasteiger partial charge in [-0.1, -0.05) is 15.9 Å². The maximum Gasteiger partial charge on any atom is 0.128 e. The van der Waals surface area contributed by atoms with Crippen LogP contribution >= 0.6 is 15.9 Å². The Bertz CT molecular complexity index is 650. The van der Waals surface area contributed by atoms with Crippen molar-refractivity contribution in [3.63, 3.8) is 0 Å². The van der Waals surface area contributed by atoms with E-state index in [1.54, 1.807) is 18.2 Å². The number of halogens is 3. The Labute approximate surface area is 117 Å². The van der Waals surface area contributed by atoms with Crippen LogP contribution in [-0.2, 0) is 6.54 Å². The second-order valence-corrected chi connectivity index (χ2v) is 4.81. The molecule has 0 spiro atoms. The average Bonchev–Trinajstić information content (AvgIpc) is 2.40. The van der Waals surface area contributed by atoms with Crippen molar-refractivity contribution >= 4 is 21.6 Å². The van der Waals surface area contributed by atoms with E-state index < -0.39 is 11.6 Å². The smallest absolute Gasteiger partial charge is 0.128 e. The summed E-state index contributed by atoms with van der Waals surface area (Å²) in [5.74, 6) is -0.977. The van der Waals surface area contributed by atoms with Gasteiger partial charge in [-0.05, 0) is 36.4 Å². The standard InChI is InChI=1S/C14H9BrF2N2/c15-11-2-1-9(7-18)14(6-11)19-8-10-5-12(16)3-4-13(10)17/h1-6,19H,8H2. The van der Waals surface area contributed by atoms with Crippen LogP contribution in [0, 0.1) is 23.0 Å². The molecule has 0 atom stereocenters.